The monoisotopic (exact) mass is 275 g/mol. The fourth-order valence-corrected chi connectivity index (χ4v) is 2.24. The number of benzene rings is 1. The van der Waals surface area contributed by atoms with Crippen LogP contribution in [-0.2, 0) is 11.2 Å². The molecule has 0 saturated heterocycles. The van der Waals surface area contributed by atoms with Crippen LogP contribution < -0.4 is 5.32 Å². The highest BCUT2D eigenvalue weighted by Crippen LogP contribution is 2.25. The van der Waals surface area contributed by atoms with E-state index in [1.807, 2.05) is 19.9 Å². The van der Waals surface area contributed by atoms with Gasteiger partial charge in [-0.2, -0.15) is 0 Å². The first-order chi connectivity index (χ1) is 9.51. The molecule has 1 aromatic carbocycles. The summed E-state index contributed by atoms with van der Waals surface area (Å²) in [6, 6.07) is 4.05. The fraction of sp³-hybridized carbons (Fsp3) is 0.438. The lowest BCUT2D eigenvalue weighted by Crippen LogP contribution is -2.34. The quantitative estimate of drug-likeness (QED) is 0.881. The Hall–Kier alpha value is -1.81. The zero-order chi connectivity index (χ0) is 14.7. The molecule has 4 nitrogen and oxygen atoms in total. The van der Waals surface area contributed by atoms with Crippen molar-refractivity contribution in [3.05, 3.63) is 35.1 Å². The van der Waals surface area contributed by atoms with Crippen LogP contribution >= 0.6 is 0 Å². The molecule has 1 amide bonds. The highest BCUT2D eigenvalue weighted by molar-refractivity contribution is 5.88. The summed E-state index contributed by atoms with van der Waals surface area (Å²) in [5.74, 6) is -0.0492. The topological polar surface area (TPSA) is 62.5 Å². The van der Waals surface area contributed by atoms with E-state index in [1.54, 1.807) is 6.26 Å². The van der Waals surface area contributed by atoms with Gasteiger partial charge in [-0.1, -0.05) is 0 Å². The summed E-state index contributed by atoms with van der Waals surface area (Å²) < 4.78 is 5.52. The molecule has 0 radical (unpaired) electrons. The number of aliphatic hydroxyl groups is 1. The van der Waals surface area contributed by atoms with Crippen molar-refractivity contribution >= 4 is 16.9 Å². The first-order valence-corrected chi connectivity index (χ1v) is 6.88. The molecular weight excluding hydrogens is 254 g/mol. The Morgan fingerprint density at radius 3 is 2.75 bits per heavy atom. The number of aryl methyl sites for hydroxylation is 2. The predicted molar refractivity (Wildman–Crippen MR) is 78.7 cm³/mol. The Morgan fingerprint density at radius 1 is 1.35 bits per heavy atom. The molecule has 0 fully saturated rings. The van der Waals surface area contributed by atoms with Gasteiger partial charge in [-0.05, 0) is 50.5 Å². The van der Waals surface area contributed by atoms with E-state index in [0.717, 1.165) is 16.5 Å². The van der Waals surface area contributed by atoms with Gasteiger partial charge in [-0.25, -0.2) is 0 Å². The third-order valence-corrected chi connectivity index (χ3v) is 3.59. The number of aliphatic hydroxyl groups excluding tert-OH is 1. The molecule has 0 bridgehead atoms. The molecule has 0 aliphatic carbocycles. The molecule has 1 atom stereocenters. The van der Waals surface area contributed by atoms with Crippen LogP contribution in [-0.4, -0.2) is 23.7 Å². The van der Waals surface area contributed by atoms with Crippen molar-refractivity contribution in [2.24, 2.45) is 0 Å². The van der Waals surface area contributed by atoms with E-state index in [-0.39, 0.29) is 18.6 Å². The normalized spacial score (nSPS) is 12.6. The lowest BCUT2D eigenvalue weighted by Gasteiger charge is -2.11. The lowest BCUT2D eigenvalue weighted by molar-refractivity contribution is -0.121. The van der Waals surface area contributed by atoms with Crippen molar-refractivity contribution in [1.29, 1.82) is 0 Å². The van der Waals surface area contributed by atoms with Crippen LogP contribution in [0.15, 0.2) is 22.8 Å². The third-order valence-electron chi connectivity index (χ3n) is 3.59. The van der Waals surface area contributed by atoms with Crippen LogP contribution in [0.4, 0.5) is 0 Å². The molecule has 0 aliphatic rings. The number of furan rings is 1. The van der Waals surface area contributed by atoms with E-state index in [2.05, 4.69) is 18.3 Å². The zero-order valence-electron chi connectivity index (χ0n) is 12.2. The number of carbonyl (C=O) groups excluding carboxylic acids is 1. The van der Waals surface area contributed by atoms with Crippen molar-refractivity contribution in [2.75, 3.05) is 6.61 Å². The van der Waals surface area contributed by atoms with Gasteiger partial charge in [0.25, 0.3) is 0 Å². The molecule has 0 saturated carbocycles. The van der Waals surface area contributed by atoms with Crippen LogP contribution in [0.5, 0.6) is 0 Å². The second-order valence-corrected chi connectivity index (χ2v) is 5.35. The van der Waals surface area contributed by atoms with Crippen molar-refractivity contribution < 1.29 is 14.3 Å². The first-order valence-electron chi connectivity index (χ1n) is 6.88. The Kier molecular flexibility index (Phi) is 4.45. The fourth-order valence-electron chi connectivity index (χ4n) is 2.24. The molecule has 4 heteroatoms. The number of carbonyl (C=O) groups is 1. The molecule has 2 aromatic rings. The molecule has 1 heterocycles. The molecule has 2 rings (SSSR count). The van der Waals surface area contributed by atoms with Gasteiger partial charge in [0.2, 0.25) is 5.91 Å². The minimum atomic E-state index is -0.0492. The largest absolute Gasteiger partial charge is 0.464 e. The highest BCUT2D eigenvalue weighted by Gasteiger charge is 2.13. The molecule has 1 unspecified atom stereocenters. The lowest BCUT2D eigenvalue weighted by atomic mass is 10.0. The predicted octanol–water partition coefficient (Wildman–Crippen LogP) is 2.48. The van der Waals surface area contributed by atoms with Crippen LogP contribution in [0.3, 0.4) is 0 Å². The molecule has 1 aromatic heterocycles. The van der Waals surface area contributed by atoms with Gasteiger partial charge in [-0.15, -0.1) is 0 Å². The zero-order valence-corrected chi connectivity index (χ0v) is 12.2. The van der Waals surface area contributed by atoms with Gasteiger partial charge < -0.3 is 14.8 Å². The van der Waals surface area contributed by atoms with Crippen molar-refractivity contribution in [3.8, 4) is 0 Å². The van der Waals surface area contributed by atoms with Crippen LogP contribution in [0, 0.1) is 13.8 Å². The maximum absolute atomic E-state index is 12.0. The van der Waals surface area contributed by atoms with Gasteiger partial charge in [0.15, 0.2) is 0 Å². The Morgan fingerprint density at radius 2 is 2.05 bits per heavy atom. The second kappa shape index (κ2) is 6.09. The maximum Gasteiger partial charge on any atom is 0.224 e. The summed E-state index contributed by atoms with van der Waals surface area (Å²) in [5.41, 5.74) is 4.09. The number of nitrogens with one attached hydrogen (secondary N) is 1. The van der Waals surface area contributed by atoms with Crippen molar-refractivity contribution in [1.82, 2.24) is 5.32 Å². The van der Waals surface area contributed by atoms with Gasteiger partial charge in [0, 0.05) is 23.6 Å². The number of hydrogen-bond donors (Lipinski definition) is 2. The number of fused-ring (bicyclic) bond motifs is 1. The summed E-state index contributed by atoms with van der Waals surface area (Å²) in [6.45, 7) is 6.05. The van der Waals surface area contributed by atoms with Crippen molar-refractivity contribution in [2.45, 2.75) is 39.7 Å². The summed E-state index contributed by atoms with van der Waals surface area (Å²) in [5, 5.41) is 12.7. The van der Waals surface area contributed by atoms with Crippen LogP contribution in [0.1, 0.15) is 30.0 Å². The van der Waals surface area contributed by atoms with Gasteiger partial charge >= 0.3 is 0 Å². The van der Waals surface area contributed by atoms with E-state index in [9.17, 15) is 4.79 Å². The van der Waals surface area contributed by atoms with Gasteiger partial charge in [0.05, 0.1) is 12.7 Å². The number of hydrogen-bond acceptors (Lipinski definition) is 3. The average molecular weight is 275 g/mol. The smallest absolute Gasteiger partial charge is 0.224 e. The summed E-state index contributed by atoms with van der Waals surface area (Å²) >= 11 is 0. The first kappa shape index (κ1) is 14.6. The average Bonchev–Trinajstić information content (AvgIpc) is 2.72. The minimum Gasteiger partial charge on any atom is -0.464 e. The molecule has 2 N–H and O–H groups in total. The summed E-state index contributed by atoms with van der Waals surface area (Å²) in [7, 11) is 0. The standard InChI is InChI=1S/C16H21NO3/c1-10-6-14-13(9-20-15(14)7-11(10)2)8-16(19)17-12(3)4-5-18/h6-7,9,12,18H,4-5,8H2,1-3H3,(H,17,19). The summed E-state index contributed by atoms with van der Waals surface area (Å²) in [4.78, 5) is 12.0. The van der Waals surface area contributed by atoms with Crippen LogP contribution in [0.2, 0.25) is 0 Å². The van der Waals surface area contributed by atoms with Crippen molar-refractivity contribution in [3.63, 3.8) is 0 Å². The van der Waals surface area contributed by atoms with E-state index >= 15 is 0 Å². The van der Waals surface area contributed by atoms with Gasteiger partial charge in [-0.3, -0.25) is 4.79 Å². The minimum absolute atomic E-state index is 0.0188. The van der Waals surface area contributed by atoms with Crippen LogP contribution in [0.25, 0.3) is 11.0 Å². The summed E-state index contributed by atoms with van der Waals surface area (Å²) in [6.07, 6.45) is 2.52. The third kappa shape index (κ3) is 3.20. The number of rotatable bonds is 5. The Bertz CT molecular complexity index is 615. The van der Waals surface area contributed by atoms with Gasteiger partial charge in [0.1, 0.15) is 5.58 Å². The Balaban J connectivity index is 2.14. The van der Waals surface area contributed by atoms with E-state index < -0.39 is 0 Å². The molecule has 20 heavy (non-hydrogen) atoms. The Labute approximate surface area is 118 Å². The maximum atomic E-state index is 12.0. The molecule has 0 spiro atoms. The second-order valence-electron chi connectivity index (χ2n) is 5.35. The van der Waals surface area contributed by atoms with E-state index in [4.69, 9.17) is 9.52 Å². The molecular formula is C16H21NO3. The van der Waals surface area contributed by atoms with E-state index in [0.29, 0.717) is 12.8 Å². The highest BCUT2D eigenvalue weighted by atomic mass is 16.3. The van der Waals surface area contributed by atoms with E-state index in [1.165, 1.54) is 11.1 Å². The number of amides is 1. The molecule has 108 valence electrons. The SMILES string of the molecule is Cc1cc2occ(CC(=O)NC(C)CCO)c2cc1C. The molecule has 0 aliphatic heterocycles.